The normalized spacial score (nSPS) is 11.5. The van der Waals surface area contributed by atoms with Crippen LogP contribution in [0, 0.1) is 0 Å². The molecule has 0 aromatic heterocycles. The molecule has 6 heteroatoms. The van der Waals surface area contributed by atoms with Crippen LogP contribution in [0.1, 0.15) is 19.4 Å². The van der Waals surface area contributed by atoms with E-state index in [9.17, 15) is 9.59 Å². The van der Waals surface area contributed by atoms with Crippen molar-refractivity contribution in [3.8, 4) is 5.75 Å². The summed E-state index contributed by atoms with van der Waals surface area (Å²) in [6.07, 6.45) is -0.0423. The number of ether oxygens (including phenoxy) is 2. The number of benzene rings is 2. The molecule has 0 bridgehead atoms. The van der Waals surface area contributed by atoms with Crippen LogP contribution < -0.4 is 10.1 Å². The summed E-state index contributed by atoms with van der Waals surface area (Å²) in [6.45, 7) is 3.19. The van der Waals surface area contributed by atoms with Crippen molar-refractivity contribution in [1.82, 2.24) is 0 Å². The second kappa shape index (κ2) is 9.08. The number of carbonyl (C=O) groups excluding carboxylic acids is 2. The molecule has 0 fully saturated rings. The van der Waals surface area contributed by atoms with Gasteiger partial charge in [-0.2, -0.15) is 0 Å². The van der Waals surface area contributed by atoms with Gasteiger partial charge in [-0.1, -0.05) is 36.7 Å². The summed E-state index contributed by atoms with van der Waals surface area (Å²) in [5, 5.41) is 3.32. The number of aryl methyl sites for hydroxylation is 1. The van der Waals surface area contributed by atoms with Crippen LogP contribution in [0.25, 0.3) is 0 Å². The zero-order valence-corrected chi connectivity index (χ0v) is 14.9. The van der Waals surface area contributed by atoms with Gasteiger partial charge in [0, 0.05) is 10.7 Å². The summed E-state index contributed by atoms with van der Waals surface area (Å²) in [6, 6.07) is 14.1. The van der Waals surface area contributed by atoms with Crippen molar-refractivity contribution < 1.29 is 19.1 Å². The van der Waals surface area contributed by atoms with Gasteiger partial charge < -0.3 is 14.8 Å². The minimum Gasteiger partial charge on any atom is -0.479 e. The Morgan fingerprint density at radius 3 is 2.48 bits per heavy atom. The maximum Gasteiger partial charge on any atom is 0.347 e. The first-order valence-corrected chi connectivity index (χ1v) is 8.34. The second-order valence-electron chi connectivity index (χ2n) is 5.38. The first kappa shape index (κ1) is 18.8. The number of halogens is 1. The Balaban J connectivity index is 1.82. The van der Waals surface area contributed by atoms with Crippen LogP contribution in [-0.4, -0.2) is 24.6 Å². The Bertz CT molecular complexity index is 730. The van der Waals surface area contributed by atoms with Crippen LogP contribution in [0.2, 0.25) is 5.02 Å². The Hall–Kier alpha value is -2.53. The highest BCUT2D eigenvalue weighted by Gasteiger charge is 2.18. The first-order valence-electron chi connectivity index (χ1n) is 7.96. The minimum atomic E-state index is -0.836. The third-order valence-corrected chi connectivity index (χ3v) is 3.73. The van der Waals surface area contributed by atoms with Gasteiger partial charge in [0.15, 0.2) is 12.7 Å². The molecule has 0 radical (unpaired) electrons. The fourth-order valence-electron chi connectivity index (χ4n) is 2.16. The van der Waals surface area contributed by atoms with Gasteiger partial charge in [0.1, 0.15) is 5.75 Å². The molecule has 0 saturated heterocycles. The van der Waals surface area contributed by atoms with E-state index >= 15 is 0 Å². The number of hydrogen-bond donors (Lipinski definition) is 1. The number of amides is 1. The molecule has 0 unspecified atom stereocenters. The predicted octanol–water partition coefficient (Wildman–Crippen LogP) is 3.85. The molecule has 0 heterocycles. The van der Waals surface area contributed by atoms with E-state index in [1.54, 1.807) is 31.2 Å². The van der Waals surface area contributed by atoms with Crippen LogP contribution in [0.3, 0.4) is 0 Å². The van der Waals surface area contributed by atoms with Crippen molar-refractivity contribution in [3.63, 3.8) is 0 Å². The Morgan fingerprint density at radius 2 is 1.80 bits per heavy atom. The number of anilines is 1. The third kappa shape index (κ3) is 5.80. The van der Waals surface area contributed by atoms with Gasteiger partial charge in [-0.05, 0) is 49.2 Å². The molecule has 25 heavy (non-hydrogen) atoms. The number of hydrogen-bond acceptors (Lipinski definition) is 4. The lowest BCUT2D eigenvalue weighted by Gasteiger charge is -2.14. The summed E-state index contributed by atoms with van der Waals surface area (Å²) in [5.74, 6) is -0.517. The quantitative estimate of drug-likeness (QED) is 0.761. The Labute approximate surface area is 151 Å². The molecule has 0 spiro atoms. The SMILES string of the molecule is CCc1ccccc1NC(=O)COC(=O)[C@@H](C)Oc1ccc(Cl)cc1. The first-order chi connectivity index (χ1) is 12.0. The third-order valence-electron chi connectivity index (χ3n) is 3.48. The average molecular weight is 362 g/mol. The molecule has 2 rings (SSSR count). The molecule has 132 valence electrons. The molecule has 2 aromatic rings. The topological polar surface area (TPSA) is 64.6 Å². The number of esters is 1. The van der Waals surface area contributed by atoms with E-state index in [0.717, 1.165) is 17.7 Å². The molecule has 1 amide bonds. The van der Waals surface area contributed by atoms with Gasteiger partial charge in [0.25, 0.3) is 5.91 Å². The predicted molar refractivity (Wildman–Crippen MR) is 97.0 cm³/mol. The molecule has 0 saturated carbocycles. The molecular formula is C19H20ClNO4. The van der Waals surface area contributed by atoms with Crippen molar-refractivity contribution in [2.45, 2.75) is 26.4 Å². The monoisotopic (exact) mass is 361 g/mol. The lowest BCUT2D eigenvalue weighted by molar-refractivity contribution is -0.153. The van der Waals surface area contributed by atoms with Crippen molar-refractivity contribution in [2.24, 2.45) is 0 Å². The highest BCUT2D eigenvalue weighted by Crippen LogP contribution is 2.17. The highest BCUT2D eigenvalue weighted by molar-refractivity contribution is 6.30. The molecular weight excluding hydrogens is 342 g/mol. The van der Waals surface area contributed by atoms with E-state index in [4.69, 9.17) is 21.1 Å². The Kier molecular flexibility index (Phi) is 6.83. The number of carbonyl (C=O) groups is 2. The maximum atomic E-state index is 12.0. The van der Waals surface area contributed by atoms with Gasteiger partial charge in [-0.25, -0.2) is 4.79 Å². The van der Waals surface area contributed by atoms with E-state index in [2.05, 4.69) is 5.32 Å². The van der Waals surface area contributed by atoms with Crippen LogP contribution in [0.4, 0.5) is 5.69 Å². The average Bonchev–Trinajstić information content (AvgIpc) is 2.62. The van der Waals surface area contributed by atoms with Gasteiger partial charge in [0.05, 0.1) is 0 Å². The van der Waals surface area contributed by atoms with Crippen molar-refractivity contribution in [1.29, 1.82) is 0 Å². The number of nitrogens with one attached hydrogen (secondary N) is 1. The molecule has 5 nitrogen and oxygen atoms in total. The van der Waals surface area contributed by atoms with Gasteiger partial charge >= 0.3 is 5.97 Å². The summed E-state index contributed by atoms with van der Waals surface area (Å²) < 4.78 is 10.5. The van der Waals surface area contributed by atoms with E-state index in [1.807, 2.05) is 31.2 Å². The van der Waals surface area contributed by atoms with Crippen LogP contribution >= 0.6 is 11.6 Å². The lowest BCUT2D eigenvalue weighted by Crippen LogP contribution is -2.29. The molecule has 0 aliphatic heterocycles. The highest BCUT2D eigenvalue weighted by atomic mass is 35.5. The van der Waals surface area contributed by atoms with E-state index in [0.29, 0.717) is 10.8 Å². The molecule has 2 aromatic carbocycles. The van der Waals surface area contributed by atoms with Crippen molar-refractivity contribution >= 4 is 29.2 Å². The largest absolute Gasteiger partial charge is 0.479 e. The standard InChI is InChI=1S/C19H20ClNO4/c1-3-14-6-4-5-7-17(14)21-18(22)12-24-19(23)13(2)25-16-10-8-15(20)9-11-16/h4-11,13H,3,12H2,1-2H3,(H,21,22)/t13-/m1/s1. The fraction of sp³-hybridized carbons (Fsp3) is 0.263. The summed E-state index contributed by atoms with van der Waals surface area (Å²) in [5.41, 5.74) is 1.73. The zero-order valence-electron chi connectivity index (χ0n) is 14.1. The van der Waals surface area contributed by atoms with Gasteiger partial charge in [-0.15, -0.1) is 0 Å². The van der Waals surface area contributed by atoms with Crippen molar-refractivity contribution in [2.75, 3.05) is 11.9 Å². The van der Waals surface area contributed by atoms with Crippen molar-refractivity contribution in [3.05, 3.63) is 59.1 Å². The van der Waals surface area contributed by atoms with Crippen LogP contribution in [0.15, 0.2) is 48.5 Å². The minimum absolute atomic E-state index is 0.370. The Morgan fingerprint density at radius 1 is 1.12 bits per heavy atom. The molecule has 1 atom stereocenters. The molecule has 0 aliphatic rings. The second-order valence-corrected chi connectivity index (χ2v) is 5.82. The zero-order chi connectivity index (χ0) is 18.2. The summed E-state index contributed by atoms with van der Waals surface area (Å²) in [4.78, 5) is 23.9. The smallest absolute Gasteiger partial charge is 0.347 e. The maximum absolute atomic E-state index is 12.0. The van der Waals surface area contributed by atoms with E-state index in [1.165, 1.54) is 0 Å². The van der Waals surface area contributed by atoms with Gasteiger partial charge in [-0.3, -0.25) is 4.79 Å². The number of rotatable bonds is 7. The summed E-state index contributed by atoms with van der Waals surface area (Å²) >= 11 is 5.79. The van der Waals surface area contributed by atoms with E-state index < -0.39 is 18.0 Å². The summed E-state index contributed by atoms with van der Waals surface area (Å²) in [7, 11) is 0. The molecule has 1 N–H and O–H groups in total. The van der Waals surface area contributed by atoms with Crippen LogP contribution in [0.5, 0.6) is 5.75 Å². The van der Waals surface area contributed by atoms with Gasteiger partial charge in [0.2, 0.25) is 0 Å². The van der Waals surface area contributed by atoms with Crippen LogP contribution in [-0.2, 0) is 20.7 Å². The van der Waals surface area contributed by atoms with E-state index in [-0.39, 0.29) is 6.61 Å². The number of para-hydroxylation sites is 1. The fourth-order valence-corrected chi connectivity index (χ4v) is 2.28. The molecule has 0 aliphatic carbocycles. The lowest BCUT2D eigenvalue weighted by atomic mass is 10.1.